The maximum absolute atomic E-state index is 13.5. The minimum Gasteiger partial charge on any atom is -0.497 e. The molecule has 1 aromatic heterocycles. The topological polar surface area (TPSA) is 42.4 Å². The number of rotatable bonds is 5. The lowest BCUT2D eigenvalue weighted by Gasteiger charge is -2.20. The van der Waals surface area contributed by atoms with Gasteiger partial charge >= 0.3 is 0 Å². The number of carbonyl (C=O) groups excluding carboxylic acids is 1. The first-order chi connectivity index (χ1) is 14.1. The van der Waals surface area contributed by atoms with Crippen molar-refractivity contribution in [2.45, 2.75) is 13.5 Å². The highest BCUT2D eigenvalue weighted by Gasteiger charge is 2.23. The summed E-state index contributed by atoms with van der Waals surface area (Å²) < 4.78 is 6.17. The van der Waals surface area contributed by atoms with E-state index in [1.807, 2.05) is 61.5 Å². The summed E-state index contributed by atoms with van der Waals surface area (Å²) >= 11 is 7.82. The molecule has 4 aromatic rings. The molecule has 4 nitrogen and oxygen atoms in total. The highest BCUT2D eigenvalue weighted by molar-refractivity contribution is 7.23. The van der Waals surface area contributed by atoms with Gasteiger partial charge in [0.15, 0.2) is 5.13 Å². The van der Waals surface area contributed by atoms with Gasteiger partial charge in [0.1, 0.15) is 5.75 Å². The molecule has 0 aliphatic rings. The Kier molecular flexibility index (Phi) is 5.51. The number of ether oxygens (including phenoxy) is 1. The monoisotopic (exact) mass is 422 g/mol. The van der Waals surface area contributed by atoms with Crippen LogP contribution in [0.4, 0.5) is 5.13 Å². The van der Waals surface area contributed by atoms with Crippen LogP contribution in [-0.2, 0) is 6.54 Å². The molecule has 29 heavy (non-hydrogen) atoms. The van der Waals surface area contributed by atoms with Gasteiger partial charge in [-0.05, 0) is 42.3 Å². The van der Waals surface area contributed by atoms with Crippen molar-refractivity contribution in [3.63, 3.8) is 0 Å². The summed E-state index contributed by atoms with van der Waals surface area (Å²) in [4.78, 5) is 19.9. The van der Waals surface area contributed by atoms with Crippen molar-refractivity contribution in [2.75, 3.05) is 12.0 Å². The molecule has 0 saturated carbocycles. The van der Waals surface area contributed by atoms with Crippen molar-refractivity contribution >= 4 is 44.2 Å². The molecule has 1 amide bonds. The third-order valence-corrected chi connectivity index (χ3v) is 6.20. The number of aryl methyl sites for hydroxylation is 1. The minimum absolute atomic E-state index is 0.138. The molecule has 0 atom stereocenters. The van der Waals surface area contributed by atoms with E-state index in [4.69, 9.17) is 21.3 Å². The molecule has 0 radical (unpaired) electrons. The number of methoxy groups -OCH3 is 1. The number of anilines is 1. The molecule has 0 aliphatic carbocycles. The lowest BCUT2D eigenvalue weighted by molar-refractivity contribution is 0.0985. The predicted molar refractivity (Wildman–Crippen MR) is 119 cm³/mol. The van der Waals surface area contributed by atoms with Crippen LogP contribution in [-0.4, -0.2) is 18.0 Å². The van der Waals surface area contributed by atoms with Crippen LogP contribution < -0.4 is 9.64 Å². The summed E-state index contributed by atoms with van der Waals surface area (Å²) in [6.07, 6.45) is 0. The van der Waals surface area contributed by atoms with Gasteiger partial charge < -0.3 is 4.74 Å². The van der Waals surface area contributed by atoms with Crippen LogP contribution in [0.25, 0.3) is 10.2 Å². The van der Waals surface area contributed by atoms with Gasteiger partial charge in [-0.25, -0.2) is 4.98 Å². The van der Waals surface area contributed by atoms with Crippen molar-refractivity contribution in [1.82, 2.24) is 4.98 Å². The van der Waals surface area contributed by atoms with E-state index >= 15 is 0 Å². The number of fused-ring (bicyclic) bond motifs is 1. The summed E-state index contributed by atoms with van der Waals surface area (Å²) in [5, 5.41) is 1.26. The van der Waals surface area contributed by atoms with Gasteiger partial charge in [-0.3, -0.25) is 9.69 Å². The van der Waals surface area contributed by atoms with Crippen molar-refractivity contribution < 1.29 is 9.53 Å². The number of benzene rings is 3. The van der Waals surface area contributed by atoms with Crippen LogP contribution in [0.2, 0.25) is 5.02 Å². The Labute approximate surface area is 178 Å². The van der Waals surface area contributed by atoms with Crippen molar-refractivity contribution in [1.29, 1.82) is 0 Å². The first-order valence-corrected chi connectivity index (χ1v) is 10.3. The fourth-order valence-corrected chi connectivity index (χ4v) is 4.42. The van der Waals surface area contributed by atoms with E-state index in [9.17, 15) is 4.79 Å². The van der Waals surface area contributed by atoms with Gasteiger partial charge in [0.25, 0.3) is 5.91 Å². The molecule has 146 valence electrons. The van der Waals surface area contributed by atoms with Crippen LogP contribution in [0.5, 0.6) is 5.75 Å². The van der Waals surface area contributed by atoms with Crippen molar-refractivity contribution in [3.05, 3.63) is 88.4 Å². The van der Waals surface area contributed by atoms with Crippen LogP contribution in [0.3, 0.4) is 0 Å². The Morgan fingerprint density at radius 2 is 1.90 bits per heavy atom. The highest BCUT2D eigenvalue weighted by Crippen LogP contribution is 2.36. The van der Waals surface area contributed by atoms with Gasteiger partial charge in [0.05, 0.1) is 28.9 Å². The van der Waals surface area contributed by atoms with E-state index < -0.39 is 0 Å². The molecular formula is C23H19ClN2O2S. The minimum atomic E-state index is -0.138. The molecule has 0 fully saturated rings. The number of aromatic nitrogens is 1. The molecule has 0 unspecified atom stereocenters. The van der Waals surface area contributed by atoms with Crippen molar-refractivity contribution in [2.24, 2.45) is 0 Å². The number of halogens is 1. The molecule has 1 heterocycles. The van der Waals surface area contributed by atoms with Gasteiger partial charge in [-0.2, -0.15) is 0 Å². The molecule has 4 rings (SSSR count). The average molecular weight is 423 g/mol. The fourth-order valence-electron chi connectivity index (χ4n) is 3.11. The van der Waals surface area contributed by atoms with E-state index in [0.717, 1.165) is 21.3 Å². The Balaban J connectivity index is 1.81. The van der Waals surface area contributed by atoms with E-state index in [1.54, 1.807) is 24.1 Å². The average Bonchev–Trinajstić information content (AvgIpc) is 3.21. The lowest BCUT2D eigenvalue weighted by Crippen LogP contribution is -2.30. The predicted octanol–water partition coefficient (Wildman–Crippen LogP) is 6.11. The zero-order valence-corrected chi connectivity index (χ0v) is 17.6. The van der Waals surface area contributed by atoms with Gasteiger partial charge in [-0.15, -0.1) is 0 Å². The standard InChI is InChI=1S/C23H19ClN2O2S/c1-15-11-12-19(24)21-20(15)25-23(29-21)26(14-16-7-4-3-5-8-16)22(27)17-9-6-10-18(13-17)28-2/h3-13H,14H2,1-2H3. The Hall–Kier alpha value is -2.89. The molecule has 6 heteroatoms. The second-order valence-corrected chi connectivity index (χ2v) is 8.03. The Morgan fingerprint density at radius 1 is 1.10 bits per heavy atom. The normalized spacial score (nSPS) is 10.9. The summed E-state index contributed by atoms with van der Waals surface area (Å²) in [6, 6.07) is 20.8. The molecule has 3 aromatic carbocycles. The third-order valence-electron chi connectivity index (χ3n) is 4.66. The molecule has 0 N–H and O–H groups in total. The number of thiazole rings is 1. The van der Waals surface area contributed by atoms with E-state index in [1.165, 1.54) is 11.3 Å². The maximum Gasteiger partial charge on any atom is 0.260 e. The van der Waals surface area contributed by atoms with Crippen LogP contribution >= 0.6 is 22.9 Å². The third kappa shape index (κ3) is 3.97. The number of hydrogen-bond acceptors (Lipinski definition) is 4. The Morgan fingerprint density at radius 3 is 2.62 bits per heavy atom. The summed E-state index contributed by atoms with van der Waals surface area (Å²) in [7, 11) is 1.59. The summed E-state index contributed by atoms with van der Waals surface area (Å²) in [5.41, 5.74) is 3.42. The molecule has 0 aliphatic heterocycles. The zero-order chi connectivity index (χ0) is 20.4. The van der Waals surface area contributed by atoms with Gasteiger partial charge in [0, 0.05) is 5.56 Å². The first-order valence-electron chi connectivity index (χ1n) is 9.12. The zero-order valence-electron chi connectivity index (χ0n) is 16.1. The highest BCUT2D eigenvalue weighted by atomic mass is 35.5. The molecule has 0 saturated heterocycles. The number of carbonyl (C=O) groups is 1. The number of amides is 1. The van der Waals surface area contributed by atoms with E-state index in [-0.39, 0.29) is 5.91 Å². The smallest absolute Gasteiger partial charge is 0.260 e. The Bertz CT molecular complexity index is 1140. The van der Waals surface area contributed by atoms with Crippen molar-refractivity contribution in [3.8, 4) is 5.75 Å². The fraction of sp³-hybridized carbons (Fsp3) is 0.130. The second kappa shape index (κ2) is 8.23. The van der Waals surface area contributed by atoms with E-state index in [0.29, 0.717) is 28.0 Å². The van der Waals surface area contributed by atoms with Crippen LogP contribution in [0, 0.1) is 6.92 Å². The summed E-state index contributed by atoms with van der Waals surface area (Å²) in [5.74, 6) is 0.499. The van der Waals surface area contributed by atoms with Gasteiger partial charge in [-0.1, -0.05) is 65.4 Å². The summed E-state index contributed by atoms with van der Waals surface area (Å²) in [6.45, 7) is 2.40. The number of hydrogen-bond donors (Lipinski definition) is 0. The van der Waals surface area contributed by atoms with Gasteiger partial charge in [0.2, 0.25) is 0 Å². The van der Waals surface area contributed by atoms with Crippen LogP contribution in [0.1, 0.15) is 21.5 Å². The number of nitrogens with zero attached hydrogens (tertiary/aromatic N) is 2. The largest absolute Gasteiger partial charge is 0.497 e. The molecular weight excluding hydrogens is 404 g/mol. The second-order valence-electron chi connectivity index (χ2n) is 6.65. The maximum atomic E-state index is 13.5. The van der Waals surface area contributed by atoms with Crippen LogP contribution in [0.15, 0.2) is 66.7 Å². The van der Waals surface area contributed by atoms with E-state index in [2.05, 4.69) is 0 Å². The SMILES string of the molecule is COc1cccc(C(=O)N(Cc2ccccc2)c2nc3c(C)ccc(Cl)c3s2)c1. The first kappa shape index (κ1) is 19.4. The molecule has 0 bridgehead atoms. The molecule has 0 spiro atoms. The lowest BCUT2D eigenvalue weighted by atomic mass is 10.1. The quantitative estimate of drug-likeness (QED) is 0.389.